The van der Waals surface area contributed by atoms with E-state index in [0.717, 1.165) is 24.3 Å². The quantitative estimate of drug-likeness (QED) is 0.841. The van der Waals surface area contributed by atoms with Crippen molar-refractivity contribution in [2.45, 2.75) is 26.3 Å². The topological polar surface area (TPSA) is 47.0 Å². The Kier molecular flexibility index (Phi) is 5.50. The molecule has 0 spiro atoms. The van der Waals surface area contributed by atoms with Crippen molar-refractivity contribution < 1.29 is 4.74 Å². The minimum absolute atomic E-state index is 0.232. The molecule has 0 amide bonds. The van der Waals surface area contributed by atoms with E-state index in [1.807, 2.05) is 37.6 Å². The summed E-state index contributed by atoms with van der Waals surface area (Å²) in [6.07, 6.45) is 8.22. The van der Waals surface area contributed by atoms with Gasteiger partial charge in [-0.15, -0.1) is 0 Å². The molecule has 2 heterocycles. The highest BCUT2D eigenvalue weighted by Crippen LogP contribution is 2.21. The number of pyridine rings is 2. The summed E-state index contributed by atoms with van der Waals surface area (Å²) in [6, 6.07) is 6.38. The van der Waals surface area contributed by atoms with Crippen LogP contribution in [0.15, 0.2) is 43.0 Å². The van der Waals surface area contributed by atoms with Crippen molar-refractivity contribution in [1.82, 2.24) is 15.3 Å². The molecular weight excluding hydrogens is 250 g/mol. The van der Waals surface area contributed by atoms with Gasteiger partial charge < -0.3 is 10.1 Å². The van der Waals surface area contributed by atoms with Gasteiger partial charge in [0.25, 0.3) is 0 Å². The van der Waals surface area contributed by atoms with Crippen molar-refractivity contribution in [2.75, 3.05) is 13.2 Å². The van der Waals surface area contributed by atoms with Gasteiger partial charge in [0.05, 0.1) is 12.8 Å². The number of nitrogens with zero attached hydrogens (tertiary/aromatic N) is 2. The van der Waals surface area contributed by atoms with E-state index in [2.05, 4.69) is 28.3 Å². The lowest BCUT2D eigenvalue weighted by atomic mass is 10.0. The van der Waals surface area contributed by atoms with Gasteiger partial charge in [-0.1, -0.05) is 6.92 Å². The summed E-state index contributed by atoms with van der Waals surface area (Å²) in [5, 5.41) is 3.50. The Labute approximate surface area is 120 Å². The predicted molar refractivity (Wildman–Crippen MR) is 79.8 cm³/mol. The largest absolute Gasteiger partial charge is 0.492 e. The highest BCUT2D eigenvalue weighted by Gasteiger charge is 2.12. The second-order valence-corrected chi connectivity index (χ2v) is 4.56. The molecule has 1 atom stereocenters. The molecule has 106 valence electrons. The van der Waals surface area contributed by atoms with Gasteiger partial charge in [-0.3, -0.25) is 9.97 Å². The molecule has 4 nitrogen and oxygen atoms in total. The SMILES string of the molecule is CCNC(Cc1ccncc1)c1cncc(OCC)c1. The Balaban J connectivity index is 2.17. The average molecular weight is 271 g/mol. The minimum Gasteiger partial charge on any atom is -0.492 e. The van der Waals surface area contributed by atoms with Crippen LogP contribution < -0.4 is 10.1 Å². The molecule has 20 heavy (non-hydrogen) atoms. The van der Waals surface area contributed by atoms with Crippen LogP contribution in [-0.4, -0.2) is 23.1 Å². The van der Waals surface area contributed by atoms with E-state index in [0.29, 0.717) is 6.61 Å². The number of aromatic nitrogens is 2. The number of hydrogen-bond donors (Lipinski definition) is 1. The molecule has 0 saturated carbocycles. The maximum atomic E-state index is 5.52. The highest BCUT2D eigenvalue weighted by molar-refractivity contribution is 5.27. The summed E-state index contributed by atoms with van der Waals surface area (Å²) < 4.78 is 5.52. The molecule has 2 aromatic rings. The fourth-order valence-electron chi connectivity index (χ4n) is 2.18. The summed E-state index contributed by atoms with van der Waals surface area (Å²) in [6.45, 7) is 5.65. The second-order valence-electron chi connectivity index (χ2n) is 4.56. The third kappa shape index (κ3) is 4.03. The van der Waals surface area contributed by atoms with E-state index < -0.39 is 0 Å². The molecule has 0 aliphatic carbocycles. The van der Waals surface area contributed by atoms with Crippen LogP contribution in [0.5, 0.6) is 5.75 Å². The van der Waals surface area contributed by atoms with Gasteiger partial charge in [0, 0.05) is 24.6 Å². The maximum Gasteiger partial charge on any atom is 0.137 e. The summed E-state index contributed by atoms with van der Waals surface area (Å²) in [7, 11) is 0. The van der Waals surface area contributed by atoms with Crippen LogP contribution in [-0.2, 0) is 6.42 Å². The van der Waals surface area contributed by atoms with Gasteiger partial charge in [0.2, 0.25) is 0 Å². The lowest BCUT2D eigenvalue weighted by molar-refractivity contribution is 0.338. The molecule has 4 heteroatoms. The minimum atomic E-state index is 0.232. The van der Waals surface area contributed by atoms with Gasteiger partial charge in [-0.25, -0.2) is 0 Å². The van der Waals surface area contributed by atoms with Crippen LogP contribution in [0.2, 0.25) is 0 Å². The first-order chi connectivity index (χ1) is 9.83. The van der Waals surface area contributed by atoms with E-state index >= 15 is 0 Å². The van der Waals surface area contributed by atoms with Crippen molar-refractivity contribution in [1.29, 1.82) is 0 Å². The van der Waals surface area contributed by atoms with Gasteiger partial charge in [-0.2, -0.15) is 0 Å². The Morgan fingerprint density at radius 1 is 1.15 bits per heavy atom. The molecule has 2 aromatic heterocycles. The molecule has 0 fully saturated rings. The van der Waals surface area contributed by atoms with Crippen molar-refractivity contribution in [3.8, 4) is 5.75 Å². The van der Waals surface area contributed by atoms with E-state index in [4.69, 9.17) is 4.74 Å². The Morgan fingerprint density at radius 3 is 2.65 bits per heavy atom. The molecule has 0 aliphatic heterocycles. The van der Waals surface area contributed by atoms with Crippen LogP contribution in [0, 0.1) is 0 Å². The van der Waals surface area contributed by atoms with Crippen molar-refractivity contribution in [3.05, 3.63) is 54.1 Å². The fourth-order valence-corrected chi connectivity index (χ4v) is 2.18. The predicted octanol–water partition coefficient (Wildman–Crippen LogP) is 2.77. The zero-order valence-corrected chi connectivity index (χ0v) is 12.0. The Morgan fingerprint density at radius 2 is 1.95 bits per heavy atom. The summed E-state index contributed by atoms with van der Waals surface area (Å²) in [5.74, 6) is 0.822. The first-order valence-electron chi connectivity index (χ1n) is 7.03. The molecule has 0 bridgehead atoms. The zero-order chi connectivity index (χ0) is 14.2. The van der Waals surface area contributed by atoms with Crippen LogP contribution >= 0.6 is 0 Å². The van der Waals surface area contributed by atoms with E-state index in [1.54, 1.807) is 6.20 Å². The van der Waals surface area contributed by atoms with Crippen molar-refractivity contribution in [2.24, 2.45) is 0 Å². The third-order valence-corrected chi connectivity index (χ3v) is 3.09. The molecule has 0 aromatic carbocycles. The van der Waals surface area contributed by atoms with Crippen molar-refractivity contribution in [3.63, 3.8) is 0 Å². The van der Waals surface area contributed by atoms with Crippen LogP contribution in [0.4, 0.5) is 0 Å². The summed E-state index contributed by atoms with van der Waals surface area (Å²) >= 11 is 0. The van der Waals surface area contributed by atoms with E-state index in [-0.39, 0.29) is 6.04 Å². The number of ether oxygens (including phenoxy) is 1. The number of rotatable bonds is 7. The molecular formula is C16H21N3O. The first-order valence-corrected chi connectivity index (χ1v) is 7.03. The normalized spacial score (nSPS) is 12.1. The van der Waals surface area contributed by atoms with E-state index in [1.165, 1.54) is 5.56 Å². The smallest absolute Gasteiger partial charge is 0.137 e. The van der Waals surface area contributed by atoms with Crippen LogP contribution in [0.3, 0.4) is 0 Å². The second kappa shape index (κ2) is 7.60. The van der Waals surface area contributed by atoms with Crippen LogP contribution in [0.1, 0.15) is 31.0 Å². The van der Waals surface area contributed by atoms with Crippen molar-refractivity contribution >= 4 is 0 Å². The monoisotopic (exact) mass is 271 g/mol. The van der Waals surface area contributed by atoms with Gasteiger partial charge >= 0.3 is 0 Å². The Hall–Kier alpha value is -1.94. The number of nitrogens with one attached hydrogen (secondary N) is 1. The molecule has 0 aliphatic rings. The number of hydrogen-bond acceptors (Lipinski definition) is 4. The van der Waals surface area contributed by atoms with Gasteiger partial charge in [0.15, 0.2) is 0 Å². The summed E-state index contributed by atoms with van der Waals surface area (Å²) in [4.78, 5) is 8.33. The zero-order valence-electron chi connectivity index (χ0n) is 12.0. The van der Waals surface area contributed by atoms with Gasteiger partial charge in [-0.05, 0) is 49.2 Å². The number of likely N-dealkylation sites (N-methyl/N-ethyl adjacent to an activating group) is 1. The van der Waals surface area contributed by atoms with Gasteiger partial charge in [0.1, 0.15) is 5.75 Å². The summed E-state index contributed by atoms with van der Waals surface area (Å²) in [5.41, 5.74) is 2.40. The standard InChI is InChI=1S/C16H21N3O/c1-3-19-16(9-13-5-7-17-8-6-13)14-10-15(20-4-2)12-18-11-14/h5-8,10-12,16,19H,3-4,9H2,1-2H3. The van der Waals surface area contributed by atoms with Crippen LogP contribution in [0.25, 0.3) is 0 Å². The molecule has 0 saturated heterocycles. The highest BCUT2D eigenvalue weighted by atomic mass is 16.5. The first kappa shape index (κ1) is 14.5. The molecule has 2 rings (SSSR count). The lowest BCUT2D eigenvalue weighted by Gasteiger charge is -2.18. The lowest BCUT2D eigenvalue weighted by Crippen LogP contribution is -2.23. The fraction of sp³-hybridized carbons (Fsp3) is 0.375. The molecule has 1 N–H and O–H groups in total. The third-order valence-electron chi connectivity index (χ3n) is 3.09. The Bertz CT molecular complexity index is 516. The molecule has 1 unspecified atom stereocenters. The molecule has 0 radical (unpaired) electrons. The maximum absolute atomic E-state index is 5.52. The van der Waals surface area contributed by atoms with E-state index in [9.17, 15) is 0 Å². The average Bonchev–Trinajstić information content (AvgIpc) is 2.49.